The average molecular weight is 288 g/mol. The minimum absolute atomic E-state index is 0.101. The van der Waals surface area contributed by atoms with Gasteiger partial charge < -0.3 is 15.5 Å². The summed E-state index contributed by atoms with van der Waals surface area (Å²) in [6.45, 7) is 0.421. The van der Waals surface area contributed by atoms with Gasteiger partial charge in [0.05, 0.1) is 28.5 Å². The van der Waals surface area contributed by atoms with Crippen LogP contribution in [0, 0.1) is 0 Å². The lowest BCUT2D eigenvalue weighted by atomic mass is 10.1. The van der Waals surface area contributed by atoms with Gasteiger partial charge in [-0.2, -0.15) is 0 Å². The Morgan fingerprint density at radius 2 is 2.15 bits per heavy atom. The summed E-state index contributed by atoms with van der Waals surface area (Å²) in [5.74, 6) is 0.798. The molecular weight excluding hydrogens is 274 g/mol. The van der Waals surface area contributed by atoms with Crippen molar-refractivity contribution in [2.45, 2.75) is 6.04 Å². The van der Waals surface area contributed by atoms with Crippen molar-refractivity contribution >= 4 is 28.2 Å². The molecule has 3 rings (SSSR count). The van der Waals surface area contributed by atoms with Gasteiger partial charge in [-0.05, 0) is 36.4 Å². The number of rotatable bonds is 4. The number of halogens is 1. The first kappa shape index (κ1) is 13.0. The first-order chi connectivity index (χ1) is 9.79. The van der Waals surface area contributed by atoms with E-state index in [2.05, 4.69) is 10.3 Å². The third-order valence-electron chi connectivity index (χ3n) is 3.17. The van der Waals surface area contributed by atoms with Gasteiger partial charge in [-0.15, -0.1) is 0 Å². The Morgan fingerprint density at radius 1 is 1.25 bits per heavy atom. The van der Waals surface area contributed by atoms with Crippen LogP contribution in [0.25, 0.3) is 10.9 Å². The molecule has 0 amide bonds. The van der Waals surface area contributed by atoms with Gasteiger partial charge in [-0.3, -0.25) is 4.98 Å². The summed E-state index contributed by atoms with van der Waals surface area (Å²) < 4.78 is 5.41. The monoisotopic (exact) mass is 287 g/mol. The number of anilines is 1. The van der Waals surface area contributed by atoms with Gasteiger partial charge >= 0.3 is 0 Å². The van der Waals surface area contributed by atoms with Crippen molar-refractivity contribution in [1.29, 1.82) is 0 Å². The van der Waals surface area contributed by atoms with Gasteiger partial charge in [0, 0.05) is 18.1 Å². The van der Waals surface area contributed by atoms with Crippen molar-refractivity contribution in [3.05, 3.63) is 59.6 Å². The number of fused-ring (bicyclic) bond motifs is 1. The SMILES string of the molecule is NCC(Nc1ccc(Cl)c2cccnc12)c1ccco1. The summed E-state index contributed by atoms with van der Waals surface area (Å²) in [6, 6.07) is 11.2. The molecular formula is C15H14ClN3O. The van der Waals surface area contributed by atoms with Crippen LogP contribution >= 0.6 is 11.6 Å². The molecule has 0 saturated heterocycles. The molecule has 0 fully saturated rings. The van der Waals surface area contributed by atoms with Gasteiger partial charge in [-0.1, -0.05) is 11.6 Å². The number of pyridine rings is 1. The van der Waals surface area contributed by atoms with E-state index in [0.29, 0.717) is 11.6 Å². The number of nitrogens with two attached hydrogens (primary N) is 1. The molecule has 3 N–H and O–H groups in total. The molecule has 0 aliphatic carbocycles. The number of benzene rings is 1. The quantitative estimate of drug-likeness (QED) is 0.769. The molecule has 0 radical (unpaired) electrons. The Hall–Kier alpha value is -2.04. The van der Waals surface area contributed by atoms with E-state index in [0.717, 1.165) is 22.4 Å². The fourth-order valence-electron chi connectivity index (χ4n) is 2.18. The zero-order valence-corrected chi connectivity index (χ0v) is 11.5. The van der Waals surface area contributed by atoms with Crippen LogP contribution in [-0.2, 0) is 0 Å². The Labute approximate surface area is 121 Å². The maximum Gasteiger partial charge on any atom is 0.127 e. The molecule has 2 heterocycles. The van der Waals surface area contributed by atoms with Crippen molar-refractivity contribution in [3.8, 4) is 0 Å². The molecule has 0 aliphatic heterocycles. The van der Waals surface area contributed by atoms with E-state index in [4.69, 9.17) is 21.8 Å². The number of nitrogens with one attached hydrogen (secondary N) is 1. The van der Waals surface area contributed by atoms with E-state index in [1.807, 2.05) is 36.4 Å². The van der Waals surface area contributed by atoms with Crippen LogP contribution in [0.1, 0.15) is 11.8 Å². The number of aromatic nitrogens is 1. The second-order valence-electron chi connectivity index (χ2n) is 4.44. The molecule has 1 atom stereocenters. The van der Waals surface area contributed by atoms with Gasteiger partial charge in [0.15, 0.2) is 0 Å². The molecule has 4 nitrogen and oxygen atoms in total. The minimum Gasteiger partial charge on any atom is -0.467 e. The fourth-order valence-corrected chi connectivity index (χ4v) is 2.39. The number of furan rings is 1. The van der Waals surface area contributed by atoms with Gasteiger partial charge in [0.2, 0.25) is 0 Å². The standard InChI is InChI=1S/C15H14ClN3O/c16-11-5-6-12(15-10(11)3-1-7-18-15)19-13(9-17)14-4-2-8-20-14/h1-8,13,19H,9,17H2. The van der Waals surface area contributed by atoms with Crippen LogP contribution in [0.3, 0.4) is 0 Å². The van der Waals surface area contributed by atoms with Crippen molar-refractivity contribution < 1.29 is 4.42 Å². The average Bonchev–Trinajstić information content (AvgIpc) is 3.01. The summed E-state index contributed by atoms with van der Waals surface area (Å²) in [5.41, 5.74) is 7.53. The predicted octanol–water partition coefficient (Wildman–Crippen LogP) is 3.59. The van der Waals surface area contributed by atoms with Crippen LogP contribution in [-0.4, -0.2) is 11.5 Å². The van der Waals surface area contributed by atoms with Crippen LogP contribution in [0.2, 0.25) is 5.02 Å². The molecule has 102 valence electrons. The summed E-state index contributed by atoms with van der Waals surface area (Å²) in [4.78, 5) is 4.39. The molecule has 0 spiro atoms. The van der Waals surface area contributed by atoms with Crippen LogP contribution in [0.5, 0.6) is 0 Å². The van der Waals surface area contributed by atoms with Crippen molar-refractivity contribution in [2.75, 3.05) is 11.9 Å². The first-order valence-electron chi connectivity index (χ1n) is 6.33. The van der Waals surface area contributed by atoms with E-state index in [9.17, 15) is 0 Å². The van der Waals surface area contributed by atoms with Gasteiger partial charge in [0.1, 0.15) is 5.76 Å². The molecule has 1 aromatic carbocycles. The Kier molecular flexibility index (Phi) is 3.58. The van der Waals surface area contributed by atoms with Gasteiger partial charge in [-0.25, -0.2) is 0 Å². The summed E-state index contributed by atoms with van der Waals surface area (Å²) in [5, 5.41) is 4.95. The summed E-state index contributed by atoms with van der Waals surface area (Å²) in [7, 11) is 0. The number of nitrogens with zero attached hydrogens (tertiary/aromatic N) is 1. The first-order valence-corrected chi connectivity index (χ1v) is 6.70. The van der Waals surface area contributed by atoms with Crippen LogP contribution in [0.4, 0.5) is 5.69 Å². The lowest BCUT2D eigenvalue weighted by Gasteiger charge is -2.17. The topological polar surface area (TPSA) is 64.1 Å². The molecule has 5 heteroatoms. The lowest BCUT2D eigenvalue weighted by molar-refractivity contribution is 0.482. The largest absolute Gasteiger partial charge is 0.467 e. The summed E-state index contributed by atoms with van der Waals surface area (Å²) in [6.07, 6.45) is 3.38. The molecule has 0 saturated carbocycles. The molecule has 0 bridgehead atoms. The normalized spacial score (nSPS) is 12.5. The van der Waals surface area contributed by atoms with E-state index in [1.54, 1.807) is 12.5 Å². The molecule has 20 heavy (non-hydrogen) atoms. The Morgan fingerprint density at radius 3 is 2.90 bits per heavy atom. The van der Waals surface area contributed by atoms with Crippen molar-refractivity contribution in [2.24, 2.45) is 5.73 Å². The predicted molar refractivity (Wildman–Crippen MR) is 80.9 cm³/mol. The summed E-state index contributed by atoms with van der Waals surface area (Å²) >= 11 is 6.19. The molecule has 3 aromatic rings. The lowest BCUT2D eigenvalue weighted by Crippen LogP contribution is -2.20. The Bertz CT molecular complexity index is 712. The fraction of sp³-hybridized carbons (Fsp3) is 0.133. The van der Waals surface area contributed by atoms with E-state index < -0.39 is 0 Å². The highest BCUT2D eigenvalue weighted by molar-refractivity contribution is 6.35. The third-order valence-corrected chi connectivity index (χ3v) is 3.50. The molecule has 0 aliphatic rings. The maximum atomic E-state index is 6.19. The highest BCUT2D eigenvalue weighted by Gasteiger charge is 2.14. The van der Waals surface area contributed by atoms with Crippen LogP contribution in [0.15, 0.2) is 53.3 Å². The third kappa shape index (κ3) is 2.35. The van der Waals surface area contributed by atoms with E-state index in [1.165, 1.54) is 0 Å². The maximum absolute atomic E-state index is 6.19. The zero-order valence-electron chi connectivity index (χ0n) is 10.7. The van der Waals surface area contributed by atoms with Crippen molar-refractivity contribution in [1.82, 2.24) is 4.98 Å². The van der Waals surface area contributed by atoms with E-state index in [-0.39, 0.29) is 6.04 Å². The number of hydrogen-bond acceptors (Lipinski definition) is 4. The second-order valence-corrected chi connectivity index (χ2v) is 4.85. The number of hydrogen-bond donors (Lipinski definition) is 2. The molecule has 2 aromatic heterocycles. The zero-order chi connectivity index (χ0) is 13.9. The minimum atomic E-state index is -0.101. The second kappa shape index (κ2) is 5.53. The smallest absolute Gasteiger partial charge is 0.127 e. The van der Waals surface area contributed by atoms with Crippen LogP contribution < -0.4 is 11.1 Å². The molecule has 1 unspecified atom stereocenters. The Balaban J connectivity index is 2.00. The van der Waals surface area contributed by atoms with Crippen molar-refractivity contribution in [3.63, 3.8) is 0 Å². The highest BCUT2D eigenvalue weighted by atomic mass is 35.5. The van der Waals surface area contributed by atoms with Gasteiger partial charge in [0.25, 0.3) is 0 Å². The highest BCUT2D eigenvalue weighted by Crippen LogP contribution is 2.30. The van der Waals surface area contributed by atoms with E-state index >= 15 is 0 Å².